The van der Waals surface area contributed by atoms with Gasteiger partial charge in [-0.2, -0.15) is 0 Å². The largest absolute Gasteiger partial charge is 0.761 e. The van der Waals surface area contributed by atoms with Crippen molar-refractivity contribution in [2.75, 3.05) is 0 Å². The number of rotatable bonds is 0. The van der Waals surface area contributed by atoms with Crippen LogP contribution in [0.3, 0.4) is 0 Å². The van der Waals surface area contributed by atoms with Crippen molar-refractivity contribution in [3.05, 3.63) is 0 Å². The van der Waals surface area contributed by atoms with Crippen molar-refractivity contribution in [2.45, 2.75) is 0 Å². The van der Waals surface area contributed by atoms with Crippen LogP contribution in [0.15, 0.2) is 0 Å². The molecule has 10 heavy (non-hydrogen) atoms. The molecule has 0 aliphatic heterocycles. The normalized spacial score (nSPS) is 4.80. The quantitative estimate of drug-likeness (QED) is 0.326. The molecule has 0 aromatic rings. The van der Waals surface area contributed by atoms with E-state index in [0.29, 0.717) is 0 Å². The molecule has 0 heterocycles. The van der Waals surface area contributed by atoms with Crippen LogP contribution in [0.1, 0.15) is 0 Å². The molecule has 0 aromatic heterocycles. The molecule has 0 aliphatic rings. The first kappa shape index (κ1) is 22.5. The topological polar surface area (TPSA) is 147 Å². The van der Waals surface area contributed by atoms with Crippen molar-refractivity contribution in [1.82, 2.24) is 0 Å². The molecule has 0 saturated carbocycles. The van der Waals surface area contributed by atoms with Gasteiger partial charge < -0.3 is 24.7 Å². The van der Waals surface area contributed by atoms with Gasteiger partial charge in [0.05, 0.1) is 0 Å². The summed E-state index contributed by atoms with van der Waals surface area (Å²) >= 11 is 0. The predicted octanol–water partition coefficient (Wildman–Crippen LogP) is -4.05. The van der Waals surface area contributed by atoms with E-state index in [1.807, 2.05) is 0 Å². The molecule has 0 atom stereocenters. The average Bonchev–Trinajstić information content (AvgIpc) is 1.25. The molecular weight excluding hydrogens is 347 g/mol. The molecule has 0 fully saturated rings. The van der Waals surface area contributed by atoms with Gasteiger partial charge in [-0.05, 0) is 0 Å². The summed E-state index contributed by atoms with van der Waals surface area (Å²) < 4.78 is 17.5. The van der Waals surface area contributed by atoms with Gasteiger partial charge in [0.15, 0.2) is 0 Å². The second-order valence-electron chi connectivity index (χ2n) is 0.565. The van der Waals surface area contributed by atoms with Crippen LogP contribution in [0.5, 0.6) is 0 Å². The van der Waals surface area contributed by atoms with Crippen molar-refractivity contribution < 1.29 is 59.4 Å². The van der Waals surface area contributed by atoms with Crippen LogP contribution in [0, 0.1) is 0 Å². The molecule has 0 bridgehead atoms. The molecule has 0 amide bonds. The molecule has 7 nitrogen and oxygen atoms in total. The predicted molar refractivity (Wildman–Crippen MR) is 25.4 cm³/mol. The second kappa shape index (κ2) is 16.0. The van der Waals surface area contributed by atoms with Crippen LogP contribution < -0.4 is 0 Å². The van der Waals surface area contributed by atoms with E-state index in [0.717, 1.165) is 0 Å². The monoisotopic (exact) mass is 354 g/mol. The third-order valence-electron chi connectivity index (χ3n) is 0. The molecule has 0 unspecified atom stereocenters. The van der Waals surface area contributed by atoms with Crippen molar-refractivity contribution >= 4 is 18.3 Å². The molecule has 0 radical (unpaired) electrons. The van der Waals surface area contributed by atoms with Gasteiger partial charge >= 0.3 is 18.3 Å². The van der Waals surface area contributed by atoms with Crippen LogP contribution in [0.25, 0.3) is 0 Å². The van der Waals surface area contributed by atoms with Crippen molar-refractivity contribution in [3.8, 4) is 0 Å². The summed E-state index contributed by atoms with van der Waals surface area (Å²) in [4.78, 5) is 28.6. The maximum atomic E-state index is 8.74. The summed E-state index contributed by atoms with van der Waals surface area (Å²) in [5, 5.41) is 0. The van der Waals surface area contributed by atoms with E-state index in [-0.39, 0.29) is 31.3 Å². The summed E-state index contributed by atoms with van der Waals surface area (Å²) in [6, 6.07) is 0. The fourth-order valence-electron chi connectivity index (χ4n) is 0. The van der Waals surface area contributed by atoms with Crippen LogP contribution in [-0.4, -0.2) is 43.0 Å². The summed E-state index contributed by atoms with van der Waals surface area (Å²) in [6.07, 6.45) is 0. The molecular formula is H6HfO7Si2. The molecule has 0 rings (SSSR count). The SMILES string of the molecule is O.O=[Si](O)O.O=[Si](O)O.[Hf]. The van der Waals surface area contributed by atoms with Gasteiger partial charge in [0.2, 0.25) is 0 Å². The zero-order chi connectivity index (χ0) is 7.15. The van der Waals surface area contributed by atoms with Gasteiger partial charge in [-0.3, -0.25) is 8.92 Å². The molecule has 0 aliphatic carbocycles. The van der Waals surface area contributed by atoms with Crippen LogP contribution in [0.4, 0.5) is 0 Å². The van der Waals surface area contributed by atoms with Gasteiger partial charge in [-0.15, -0.1) is 0 Å². The van der Waals surface area contributed by atoms with E-state index in [2.05, 4.69) is 0 Å². The Morgan fingerprint density at radius 1 is 0.800 bits per heavy atom. The third-order valence-corrected chi connectivity index (χ3v) is 0. The van der Waals surface area contributed by atoms with Crippen LogP contribution in [0.2, 0.25) is 0 Å². The summed E-state index contributed by atoms with van der Waals surface area (Å²) in [6.45, 7) is 0. The first-order valence-corrected chi connectivity index (χ1v) is 3.91. The van der Waals surface area contributed by atoms with Crippen molar-refractivity contribution in [3.63, 3.8) is 0 Å². The third kappa shape index (κ3) is 98600. The Bertz CT molecular complexity index is 69.6. The Morgan fingerprint density at radius 3 is 0.800 bits per heavy atom. The molecule has 10 heteroatoms. The molecule has 0 saturated heterocycles. The fraction of sp³-hybridized carbons (Fsp3) is 0. The van der Waals surface area contributed by atoms with Crippen molar-refractivity contribution in [1.29, 1.82) is 0 Å². The van der Waals surface area contributed by atoms with Crippen LogP contribution >= 0.6 is 0 Å². The standard InChI is InChI=1S/Hf.2H2O3Si.H2O/c;2*1-4(2)3;/h;2*1-2H;1H2. The smallest absolute Gasteiger partial charge is 0.511 e. The molecule has 6 N–H and O–H groups in total. The minimum absolute atomic E-state index is 0. The van der Waals surface area contributed by atoms with E-state index >= 15 is 0 Å². The zero-order valence-corrected chi connectivity index (χ0v) is 10.2. The van der Waals surface area contributed by atoms with E-state index in [4.69, 9.17) is 28.1 Å². The molecule has 60 valence electrons. The summed E-state index contributed by atoms with van der Waals surface area (Å²) in [5.41, 5.74) is 0. The van der Waals surface area contributed by atoms with E-state index in [1.54, 1.807) is 0 Å². The second-order valence-corrected chi connectivity index (χ2v) is 1.70. The van der Waals surface area contributed by atoms with Gasteiger partial charge in [0, 0.05) is 25.8 Å². The molecule has 0 aromatic carbocycles. The van der Waals surface area contributed by atoms with E-state index in [1.165, 1.54) is 0 Å². The fourth-order valence-corrected chi connectivity index (χ4v) is 0. The van der Waals surface area contributed by atoms with Crippen molar-refractivity contribution in [2.24, 2.45) is 0 Å². The summed E-state index contributed by atoms with van der Waals surface area (Å²) in [5.74, 6) is 0. The maximum Gasteiger partial charge on any atom is 0.761 e. The van der Waals surface area contributed by atoms with Gasteiger partial charge in [0.1, 0.15) is 0 Å². The Kier molecular flexibility index (Phi) is 36.0. The number of hydrogen-bond acceptors (Lipinski definition) is 2. The van der Waals surface area contributed by atoms with Crippen LogP contribution in [-0.2, 0) is 34.8 Å². The Balaban J connectivity index is -0.0000000300. The van der Waals surface area contributed by atoms with E-state index in [9.17, 15) is 0 Å². The van der Waals surface area contributed by atoms with E-state index < -0.39 is 18.3 Å². The minimum Gasteiger partial charge on any atom is -0.511 e. The first-order chi connectivity index (χ1) is 3.46. The Morgan fingerprint density at radius 2 is 0.800 bits per heavy atom. The molecule has 0 spiro atoms. The minimum atomic E-state index is -3.13. The van der Waals surface area contributed by atoms with Gasteiger partial charge in [-0.25, -0.2) is 0 Å². The van der Waals surface area contributed by atoms with Gasteiger partial charge in [-0.1, -0.05) is 0 Å². The number of hydrogen-bond donors (Lipinski definition) is 4. The van der Waals surface area contributed by atoms with Gasteiger partial charge in [0.25, 0.3) is 0 Å². The average molecular weight is 353 g/mol. The Hall–Kier alpha value is 0.0639. The summed E-state index contributed by atoms with van der Waals surface area (Å²) in [7, 11) is -6.26. The Labute approximate surface area is 77.8 Å². The first-order valence-electron chi connectivity index (χ1n) is 1.30. The maximum absolute atomic E-state index is 8.74. The zero-order valence-electron chi connectivity index (χ0n) is 4.61.